The Labute approximate surface area is 503 Å². The number of para-hydroxylation sites is 4. The number of carboxylic acid groups (broad SMARTS) is 2. The fraction of sp³-hybridized carbons (Fsp3) is 0.364. The van der Waals surface area contributed by atoms with Crippen LogP contribution in [-0.2, 0) is 68.7 Å². The zero-order chi connectivity index (χ0) is 62.5. The molecule has 4 atom stereocenters. The monoisotopic (exact) mass is 1190 g/mol. The molecule has 3 aliphatic rings. The number of aliphatic carboxylic acids is 2. The van der Waals surface area contributed by atoms with Gasteiger partial charge in [0.25, 0.3) is 0 Å². The van der Waals surface area contributed by atoms with Crippen LogP contribution in [0, 0.1) is 21.7 Å². The molecule has 3 saturated heterocycles. The van der Waals surface area contributed by atoms with Crippen LogP contribution in [0.1, 0.15) is 61.8 Å². The molecule has 21 nitrogen and oxygen atoms in total. The third kappa shape index (κ3) is 15.4. The molecule has 18 N–H and O–H groups in total. The average molecular weight is 1190 g/mol. The highest BCUT2D eigenvalue weighted by molar-refractivity contribution is 6.05. The summed E-state index contributed by atoms with van der Waals surface area (Å²) < 4.78 is 15.0. The summed E-state index contributed by atoms with van der Waals surface area (Å²) in [4.78, 5) is 82.3. The lowest BCUT2D eigenvalue weighted by molar-refractivity contribution is -0.184. The molecule has 8 aromatic rings. The number of rotatable bonds is 24. The second-order valence-electron chi connectivity index (χ2n) is 23.6. The van der Waals surface area contributed by atoms with Crippen molar-refractivity contribution in [3.05, 3.63) is 168 Å². The maximum Gasteiger partial charge on any atom is 0.322 e. The van der Waals surface area contributed by atoms with Gasteiger partial charge in [-0.05, 0) is 98.9 Å². The molecule has 21 heteroatoms. The van der Waals surface area contributed by atoms with Crippen LogP contribution in [-0.4, -0.2) is 129 Å². The first-order chi connectivity index (χ1) is 41.6. The van der Waals surface area contributed by atoms with Crippen LogP contribution in [0.15, 0.2) is 146 Å². The largest absolute Gasteiger partial charge is 0.480 e. The standard InChI is InChI=1S/C17H23N3O2.C17H20N2O4.C16H19N3O2.C16H18N2O3/c1-17(2,16(19)22)15(21)8-7-12(18)9-11-10-20-14-6-4-3-5-13(11)14;18-12(5-6-15(20)17(16(21)22)9-23-10-17)7-11-8-19-14-4-2-1-3-13(11)14;17-12(5-6-16(15(18)20)9-21-10-16)7-11-8-19-14-4-2-1-3-13(11)14;17-12(5-6-16(15(19)20)9-21-10-16)7-11-8-18-14-4-2-1-3-13(11)14/h3-6,10,12,20H,7-9,18H2,1-2H3,(H2,19,22);1-4,8,12,19H,5-7,9-10,18H2,(H,21,22);1-6,8,12,19H,7,9-10,17H2,(H2,18,20);1-6,8,12,18H,7,9-10,17H2,(H,19,20)/b;;2*6-5+/t4*12-/m0000/s1. The number of carbonyl (C=O) groups is 6. The molecule has 0 bridgehead atoms. The molecule has 11 rings (SSSR count). The molecule has 460 valence electrons. The van der Waals surface area contributed by atoms with Crippen LogP contribution in [0.5, 0.6) is 0 Å². The van der Waals surface area contributed by atoms with Gasteiger partial charge in [0.05, 0.1) is 39.6 Å². The number of primary amides is 2. The van der Waals surface area contributed by atoms with Crippen LogP contribution in [0.4, 0.5) is 0 Å². The van der Waals surface area contributed by atoms with Crippen molar-refractivity contribution in [3.63, 3.8) is 0 Å². The fourth-order valence-corrected chi connectivity index (χ4v) is 10.5. The van der Waals surface area contributed by atoms with Crippen molar-refractivity contribution in [1.29, 1.82) is 0 Å². The van der Waals surface area contributed by atoms with E-state index in [0.29, 0.717) is 51.7 Å². The predicted molar refractivity (Wildman–Crippen MR) is 334 cm³/mol. The van der Waals surface area contributed by atoms with Crippen molar-refractivity contribution < 1.29 is 53.2 Å². The third-order valence-electron chi connectivity index (χ3n) is 16.7. The average Bonchev–Trinajstić information content (AvgIpc) is 3.83. The van der Waals surface area contributed by atoms with Crippen molar-refractivity contribution in [2.24, 2.45) is 56.1 Å². The lowest BCUT2D eigenvalue weighted by Crippen LogP contribution is -2.55. The molecule has 3 aliphatic heterocycles. The van der Waals surface area contributed by atoms with Crippen LogP contribution in [0.3, 0.4) is 0 Å². The van der Waals surface area contributed by atoms with E-state index in [1.54, 1.807) is 32.1 Å². The first-order valence-electron chi connectivity index (χ1n) is 29.0. The smallest absolute Gasteiger partial charge is 0.322 e. The van der Waals surface area contributed by atoms with Gasteiger partial charge in [-0.15, -0.1) is 0 Å². The number of nitrogens with one attached hydrogen (secondary N) is 4. The Morgan fingerprint density at radius 3 is 1.16 bits per heavy atom. The first kappa shape index (κ1) is 64.5. The van der Waals surface area contributed by atoms with E-state index in [0.717, 1.165) is 54.9 Å². The molecule has 0 radical (unpaired) electrons. The molecule has 0 spiro atoms. The van der Waals surface area contributed by atoms with Gasteiger partial charge in [-0.3, -0.25) is 28.8 Å². The number of aromatic nitrogens is 4. The maximum atomic E-state index is 12.2. The highest BCUT2D eigenvalue weighted by Crippen LogP contribution is 2.33. The van der Waals surface area contributed by atoms with Crippen LogP contribution in [0.25, 0.3) is 43.6 Å². The first-order valence-corrected chi connectivity index (χ1v) is 29.0. The number of benzene rings is 4. The van der Waals surface area contributed by atoms with Crippen molar-refractivity contribution in [2.45, 2.75) is 89.4 Å². The molecular formula is C66H80N10O11. The zero-order valence-electron chi connectivity index (χ0n) is 49.1. The third-order valence-corrected chi connectivity index (χ3v) is 16.7. The van der Waals surface area contributed by atoms with Crippen molar-refractivity contribution in [3.8, 4) is 0 Å². The molecule has 3 fully saturated rings. The number of fused-ring (bicyclic) bond motifs is 4. The molecule has 2 amide bonds. The molecule has 0 saturated carbocycles. The zero-order valence-corrected chi connectivity index (χ0v) is 49.1. The lowest BCUT2D eigenvalue weighted by atomic mass is 9.79. The van der Waals surface area contributed by atoms with E-state index in [-0.39, 0.29) is 80.9 Å². The highest BCUT2D eigenvalue weighted by atomic mass is 16.5. The summed E-state index contributed by atoms with van der Waals surface area (Å²) in [6.07, 6.45) is 19.1. The normalized spacial score (nSPS) is 17.0. The number of aromatic amines is 4. The van der Waals surface area contributed by atoms with E-state index in [4.69, 9.17) is 48.6 Å². The van der Waals surface area contributed by atoms with Gasteiger partial charge >= 0.3 is 11.9 Å². The van der Waals surface area contributed by atoms with Gasteiger partial charge in [-0.25, -0.2) is 0 Å². The second kappa shape index (κ2) is 28.3. The Hall–Kier alpha value is -8.54. The molecule has 0 unspecified atom stereocenters. The van der Waals surface area contributed by atoms with Gasteiger partial charge in [0.1, 0.15) is 22.0 Å². The van der Waals surface area contributed by atoms with Crippen LogP contribution >= 0.6 is 0 Å². The number of ether oxygens (including phenoxy) is 3. The van der Waals surface area contributed by atoms with Gasteiger partial charge < -0.3 is 78.8 Å². The summed E-state index contributed by atoms with van der Waals surface area (Å²) in [5.74, 6) is -3.35. The number of hydrogen-bond acceptors (Lipinski definition) is 13. The molecular weight excluding hydrogens is 1110 g/mol. The molecule has 4 aromatic heterocycles. The number of Topliss-reactive ketones (excluding diaryl/α,β-unsaturated/α-hetero) is 2. The Morgan fingerprint density at radius 2 is 0.851 bits per heavy atom. The minimum Gasteiger partial charge on any atom is -0.480 e. The SMILES string of the molecule is CC(C)(C(N)=O)C(=O)CC[C@H](N)Cc1c[nH]c2ccccc12.NC(=O)C1(/C=C/[C@H](N)Cc2c[nH]c3ccccc23)COC1.N[C@@H](/C=C/C1(C(=O)O)COC1)Cc1c[nH]c2ccccc12.N[C@@H](CCC(=O)C1(C(=O)O)COC1)Cc1c[nH]c2ccccc12. The molecule has 4 aromatic carbocycles. The summed E-state index contributed by atoms with van der Waals surface area (Å²) in [7, 11) is 0. The number of carbonyl (C=O) groups excluding carboxylic acids is 4. The van der Waals surface area contributed by atoms with Gasteiger partial charge in [0, 0.05) is 105 Å². The topological polar surface area (TPSA) is 390 Å². The Balaban J connectivity index is 0.000000151. The van der Waals surface area contributed by atoms with Crippen molar-refractivity contribution in [2.75, 3.05) is 39.6 Å². The number of nitrogens with two attached hydrogens (primary N) is 6. The van der Waals surface area contributed by atoms with Gasteiger partial charge in [0.2, 0.25) is 11.8 Å². The van der Waals surface area contributed by atoms with E-state index in [9.17, 15) is 39.0 Å². The van der Waals surface area contributed by atoms with Crippen LogP contribution < -0.4 is 34.4 Å². The number of H-pyrrole nitrogens is 4. The van der Waals surface area contributed by atoms with Crippen molar-refractivity contribution >= 4 is 78.9 Å². The molecule has 7 heterocycles. The number of hydrogen-bond donors (Lipinski definition) is 12. The van der Waals surface area contributed by atoms with E-state index >= 15 is 0 Å². The summed E-state index contributed by atoms with van der Waals surface area (Å²) in [6.45, 7) is 4.19. The summed E-state index contributed by atoms with van der Waals surface area (Å²) in [5, 5.41) is 23.0. The summed E-state index contributed by atoms with van der Waals surface area (Å²) in [6, 6.07) is 31.5. The summed E-state index contributed by atoms with van der Waals surface area (Å²) >= 11 is 0. The lowest BCUT2D eigenvalue weighted by Gasteiger charge is -2.35. The number of carboxylic acids is 2. The number of ketones is 2. The maximum absolute atomic E-state index is 12.2. The molecule has 87 heavy (non-hydrogen) atoms. The minimum absolute atomic E-state index is 0.0289. The predicted octanol–water partition coefficient (Wildman–Crippen LogP) is 6.18. The quantitative estimate of drug-likeness (QED) is 0.0237. The fourth-order valence-electron chi connectivity index (χ4n) is 10.5. The van der Waals surface area contributed by atoms with E-state index in [1.165, 1.54) is 10.9 Å². The van der Waals surface area contributed by atoms with Crippen LogP contribution in [0.2, 0.25) is 0 Å². The number of amides is 2. The van der Waals surface area contributed by atoms with Gasteiger partial charge in [-0.2, -0.15) is 0 Å². The van der Waals surface area contributed by atoms with E-state index in [1.807, 2.05) is 110 Å². The van der Waals surface area contributed by atoms with Gasteiger partial charge in [-0.1, -0.05) is 97.1 Å². The molecule has 0 aliphatic carbocycles. The Morgan fingerprint density at radius 1 is 0.506 bits per heavy atom. The Bertz CT molecular complexity index is 3650. The van der Waals surface area contributed by atoms with E-state index < -0.39 is 39.5 Å². The highest BCUT2D eigenvalue weighted by Gasteiger charge is 2.52. The van der Waals surface area contributed by atoms with Crippen molar-refractivity contribution in [1.82, 2.24) is 19.9 Å². The Kier molecular flexibility index (Phi) is 21.0. The van der Waals surface area contributed by atoms with E-state index in [2.05, 4.69) is 38.1 Å². The van der Waals surface area contributed by atoms with Gasteiger partial charge in [0.15, 0.2) is 11.2 Å². The summed E-state index contributed by atoms with van der Waals surface area (Å²) in [5.41, 5.74) is 40.1. The second-order valence-corrected chi connectivity index (χ2v) is 23.6. The minimum atomic E-state index is -1.35.